The lowest BCUT2D eigenvalue weighted by Gasteiger charge is -2.23. The molecule has 0 unspecified atom stereocenters. The number of rotatable bonds is 11. The van der Waals surface area contributed by atoms with Crippen molar-refractivity contribution >= 4 is 45.3 Å². The molecule has 1 aromatic heterocycles. The van der Waals surface area contributed by atoms with Crippen molar-refractivity contribution in [1.82, 2.24) is 10.7 Å². The van der Waals surface area contributed by atoms with Crippen LogP contribution in [0, 0.1) is 0 Å². The van der Waals surface area contributed by atoms with Crippen LogP contribution in [0.1, 0.15) is 16.9 Å². The van der Waals surface area contributed by atoms with Crippen LogP contribution in [0.3, 0.4) is 0 Å². The first-order valence-corrected chi connectivity index (χ1v) is 13.2. The van der Waals surface area contributed by atoms with Gasteiger partial charge in [-0.1, -0.05) is 11.6 Å². The minimum atomic E-state index is -4.75. The van der Waals surface area contributed by atoms with Crippen molar-refractivity contribution in [3.8, 4) is 5.75 Å². The van der Waals surface area contributed by atoms with E-state index in [0.717, 1.165) is 12.3 Å². The van der Waals surface area contributed by atoms with Crippen LogP contribution in [0.25, 0.3) is 0 Å². The maximum atomic E-state index is 13.1. The molecule has 0 saturated carbocycles. The van der Waals surface area contributed by atoms with E-state index in [1.807, 2.05) is 0 Å². The van der Waals surface area contributed by atoms with Crippen molar-refractivity contribution in [2.24, 2.45) is 5.10 Å². The van der Waals surface area contributed by atoms with E-state index in [-0.39, 0.29) is 24.1 Å². The molecule has 39 heavy (non-hydrogen) atoms. The van der Waals surface area contributed by atoms with Gasteiger partial charge in [0.05, 0.1) is 41.6 Å². The number of benzene rings is 2. The average Bonchev–Trinajstić information content (AvgIpc) is 3.38. The van der Waals surface area contributed by atoms with Crippen LogP contribution in [0.4, 0.5) is 18.9 Å². The SMILES string of the molecule is CS(=O)(=O)N(CC(=O)N/N=C/c1ccc(OCC(=O)NCc2ccco2)cc1)c1cc(C(F)(F)F)ccc1Cl. The second kappa shape index (κ2) is 12.7. The van der Waals surface area contributed by atoms with E-state index in [4.69, 9.17) is 20.8 Å². The number of carbonyl (C=O) groups excluding carboxylic acids is 2. The predicted octanol–water partition coefficient (Wildman–Crippen LogP) is 3.56. The van der Waals surface area contributed by atoms with Crippen LogP contribution in [0.2, 0.25) is 5.02 Å². The van der Waals surface area contributed by atoms with Crippen LogP contribution in [0.5, 0.6) is 5.75 Å². The maximum absolute atomic E-state index is 13.1. The molecule has 3 rings (SSSR count). The van der Waals surface area contributed by atoms with Crippen LogP contribution in [-0.4, -0.2) is 45.9 Å². The van der Waals surface area contributed by atoms with Crippen molar-refractivity contribution in [3.63, 3.8) is 0 Å². The highest BCUT2D eigenvalue weighted by Crippen LogP contribution is 2.36. The topological polar surface area (TPSA) is 130 Å². The zero-order valence-corrected chi connectivity index (χ0v) is 21.8. The minimum Gasteiger partial charge on any atom is -0.484 e. The number of hydrogen-bond acceptors (Lipinski definition) is 7. The van der Waals surface area contributed by atoms with E-state index in [1.165, 1.54) is 12.5 Å². The summed E-state index contributed by atoms with van der Waals surface area (Å²) in [5.74, 6) is -0.284. The Morgan fingerprint density at radius 2 is 1.85 bits per heavy atom. The smallest absolute Gasteiger partial charge is 0.416 e. The number of anilines is 1. The fourth-order valence-corrected chi connectivity index (χ4v) is 4.18. The van der Waals surface area contributed by atoms with Crippen molar-refractivity contribution in [1.29, 1.82) is 0 Å². The number of amides is 2. The van der Waals surface area contributed by atoms with Crippen LogP contribution in [-0.2, 0) is 32.3 Å². The average molecular weight is 587 g/mol. The standard InChI is InChI=1S/C24H22ClF3N4O6S/c1-39(35,36)32(21-11-17(24(26,27)28)6-9-20(21)25)14-22(33)31-30-12-16-4-7-18(8-5-16)38-15-23(34)29-13-19-3-2-10-37-19/h2-12H,13-15H2,1H3,(H,29,34)(H,31,33)/b30-12+. The first-order valence-electron chi connectivity index (χ1n) is 11.0. The van der Waals surface area contributed by atoms with E-state index < -0.39 is 39.9 Å². The Balaban J connectivity index is 1.54. The van der Waals surface area contributed by atoms with Gasteiger partial charge in [0.2, 0.25) is 10.0 Å². The monoisotopic (exact) mass is 586 g/mol. The molecule has 0 aliphatic rings. The first kappa shape index (κ1) is 29.5. The molecular formula is C24H22ClF3N4O6S. The van der Waals surface area contributed by atoms with Gasteiger partial charge in [-0.05, 0) is 60.2 Å². The Hall–Kier alpha value is -4.04. The van der Waals surface area contributed by atoms with Gasteiger partial charge in [-0.2, -0.15) is 18.3 Å². The number of ether oxygens (including phenoxy) is 1. The number of furan rings is 1. The van der Waals surface area contributed by atoms with Crippen LogP contribution in [0.15, 0.2) is 70.4 Å². The Morgan fingerprint density at radius 1 is 1.13 bits per heavy atom. The van der Waals surface area contributed by atoms with Gasteiger partial charge in [-0.3, -0.25) is 13.9 Å². The summed E-state index contributed by atoms with van der Waals surface area (Å²) in [5, 5.41) is 6.07. The third-order valence-corrected chi connectivity index (χ3v) is 6.37. The van der Waals surface area contributed by atoms with Crippen LogP contribution < -0.4 is 19.8 Å². The second-order valence-corrected chi connectivity index (χ2v) is 10.3. The number of alkyl halides is 3. The number of halogens is 4. The highest BCUT2D eigenvalue weighted by atomic mass is 35.5. The summed E-state index contributed by atoms with van der Waals surface area (Å²) in [6, 6.07) is 11.8. The molecule has 0 aliphatic carbocycles. The van der Waals surface area contributed by atoms with E-state index in [0.29, 0.717) is 33.5 Å². The molecule has 0 aliphatic heterocycles. The zero-order valence-electron chi connectivity index (χ0n) is 20.2. The van der Waals surface area contributed by atoms with Crippen LogP contribution >= 0.6 is 11.6 Å². The van der Waals surface area contributed by atoms with Gasteiger partial charge in [-0.25, -0.2) is 13.8 Å². The van der Waals surface area contributed by atoms with E-state index in [1.54, 1.807) is 36.4 Å². The number of carbonyl (C=O) groups is 2. The van der Waals surface area contributed by atoms with Crippen molar-refractivity contribution in [2.75, 3.05) is 23.7 Å². The molecule has 0 saturated heterocycles. The van der Waals surface area contributed by atoms with Gasteiger partial charge < -0.3 is 14.5 Å². The molecule has 3 aromatic rings. The van der Waals surface area contributed by atoms with Gasteiger partial charge in [0, 0.05) is 0 Å². The number of hydrogen-bond donors (Lipinski definition) is 2. The number of sulfonamides is 1. The van der Waals surface area contributed by atoms with Crippen molar-refractivity contribution < 1.29 is 40.3 Å². The fraction of sp³-hybridized carbons (Fsp3) is 0.208. The Labute approximate surface area is 226 Å². The summed E-state index contributed by atoms with van der Waals surface area (Å²) in [4.78, 5) is 24.2. The van der Waals surface area contributed by atoms with Crippen molar-refractivity contribution in [3.05, 3.63) is 82.8 Å². The first-order chi connectivity index (χ1) is 18.3. The zero-order chi connectivity index (χ0) is 28.6. The molecule has 0 bridgehead atoms. The van der Waals surface area contributed by atoms with E-state index in [9.17, 15) is 31.2 Å². The quantitative estimate of drug-likeness (QED) is 0.261. The number of nitrogens with zero attached hydrogens (tertiary/aromatic N) is 2. The van der Waals surface area contributed by atoms with E-state index >= 15 is 0 Å². The molecule has 2 amide bonds. The molecular weight excluding hydrogens is 565 g/mol. The summed E-state index contributed by atoms with van der Waals surface area (Å²) in [6.07, 6.45) is -1.27. The summed E-state index contributed by atoms with van der Waals surface area (Å²) in [6.45, 7) is -0.867. The lowest BCUT2D eigenvalue weighted by molar-refractivity contribution is -0.137. The lowest BCUT2D eigenvalue weighted by Crippen LogP contribution is -2.39. The molecule has 0 fully saturated rings. The molecule has 2 aromatic carbocycles. The molecule has 1 heterocycles. The highest BCUT2D eigenvalue weighted by Gasteiger charge is 2.33. The molecule has 10 nitrogen and oxygen atoms in total. The molecule has 15 heteroatoms. The number of nitrogens with one attached hydrogen (secondary N) is 2. The van der Waals surface area contributed by atoms with E-state index in [2.05, 4.69) is 15.8 Å². The molecule has 0 radical (unpaired) electrons. The van der Waals surface area contributed by atoms with Gasteiger partial charge in [0.15, 0.2) is 6.61 Å². The minimum absolute atomic E-state index is 0.225. The summed E-state index contributed by atoms with van der Waals surface area (Å²) in [7, 11) is -4.18. The molecule has 0 atom stereocenters. The largest absolute Gasteiger partial charge is 0.484 e. The second-order valence-electron chi connectivity index (χ2n) is 7.94. The van der Waals surface area contributed by atoms with Gasteiger partial charge in [0.1, 0.15) is 18.1 Å². The predicted molar refractivity (Wildman–Crippen MR) is 137 cm³/mol. The molecule has 2 N–H and O–H groups in total. The Bertz CT molecular complexity index is 1430. The third-order valence-electron chi connectivity index (χ3n) is 4.92. The van der Waals surface area contributed by atoms with Gasteiger partial charge in [0.25, 0.3) is 11.8 Å². The third kappa shape index (κ3) is 9.04. The Morgan fingerprint density at radius 3 is 2.46 bits per heavy atom. The molecule has 208 valence electrons. The Kier molecular flexibility index (Phi) is 9.59. The number of hydrazone groups is 1. The maximum Gasteiger partial charge on any atom is 0.416 e. The molecule has 0 spiro atoms. The lowest BCUT2D eigenvalue weighted by atomic mass is 10.2. The normalized spacial score (nSPS) is 11.8. The van der Waals surface area contributed by atoms with Crippen molar-refractivity contribution in [2.45, 2.75) is 12.7 Å². The fourth-order valence-electron chi connectivity index (χ4n) is 3.05. The van der Waals surface area contributed by atoms with Gasteiger partial charge in [-0.15, -0.1) is 0 Å². The summed E-state index contributed by atoms with van der Waals surface area (Å²) in [5.41, 5.74) is 1.00. The van der Waals surface area contributed by atoms with Gasteiger partial charge >= 0.3 is 6.18 Å². The highest BCUT2D eigenvalue weighted by molar-refractivity contribution is 7.92. The summed E-state index contributed by atoms with van der Waals surface area (Å²) >= 11 is 5.93. The summed E-state index contributed by atoms with van der Waals surface area (Å²) < 4.78 is 74.7.